The van der Waals surface area contributed by atoms with Crippen LogP contribution in [0.15, 0.2) is 60.9 Å². The first-order valence-corrected chi connectivity index (χ1v) is 12.1. The third kappa shape index (κ3) is 7.67. The highest BCUT2D eigenvalue weighted by Crippen LogP contribution is 2.26. The Labute approximate surface area is 193 Å². The summed E-state index contributed by atoms with van der Waals surface area (Å²) in [5, 5.41) is 0. The third-order valence-corrected chi connectivity index (χ3v) is 5.50. The van der Waals surface area contributed by atoms with Crippen molar-refractivity contribution in [2.45, 2.75) is 65.2 Å². The van der Waals surface area contributed by atoms with Crippen molar-refractivity contribution in [1.29, 1.82) is 0 Å². The van der Waals surface area contributed by atoms with Crippen molar-refractivity contribution < 1.29 is 9.47 Å². The number of ether oxygens (including phenoxy) is 2. The summed E-state index contributed by atoms with van der Waals surface area (Å²) in [5.74, 6) is 1.81. The van der Waals surface area contributed by atoms with E-state index in [1.165, 1.54) is 32.1 Å². The Hall–Kier alpha value is -2.88. The number of hydrogen-bond acceptors (Lipinski definition) is 4. The van der Waals surface area contributed by atoms with E-state index in [1.807, 2.05) is 42.5 Å². The topological polar surface area (TPSA) is 44.2 Å². The molecule has 0 fully saturated rings. The highest BCUT2D eigenvalue weighted by molar-refractivity contribution is 5.68. The second kappa shape index (κ2) is 13.5. The van der Waals surface area contributed by atoms with E-state index in [4.69, 9.17) is 9.47 Å². The second-order valence-corrected chi connectivity index (χ2v) is 8.16. The van der Waals surface area contributed by atoms with Crippen LogP contribution < -0.4 is 9.47 Å². The van der Waals surface area contributed by atoms with E-state index in [2.05, 4.69) is 35.9 Å². The van der Waals surface area contributed by atoms with Crippen LogP contribution in [0.1, 0.15) is 65.2 Å². The van der Waals surface area contributed by atoms with Gasteiger partial charge in [0.1, 0.15) is 17.8 Å². The normalized spacial score (nSPS) is 10.8. The van der Waals surface area contributed by atoms with Gasteiger partial charge in [0.2, 0.25) is 0 Å². The lowest BCUT2D eigenvalue weighted by Gasteiger charge is -2.09. The second-order valence-electron chi connectivity index (χ2n) is 8.16. The van der Waals surface area contributed by atoms with Crippen molar-refractivity contribution in [3.63, 3.8) is 0 Å². The van der Waals surface area contributed by atoms with Crippen molar-refractivity contribution in [2.75, 3.05) is 13.2 Å². The van der Waals surface area contributed by atoms with Crippen LogP contribution in [0.5, 0.6) is 11.5 Å². The van der Waals surface area contributed by atoms with Crippen LogP contribution in [0.3, 0.4) is 0 Å². The first-order valence-electron chi connectivity index (χ1n) is 12.1. The van der Waals surface area contributed by atoms with Crippen molar-refractivity contribution in [3.05, 3.63) is 60.9 Å². The molecule has 4 nitrogen and oxygen atoms in total. The Morgan fingerprint density at radius 3 is 1.56 bits per heavy atom. The fourth-order valence-corrected chi connectivity index (χ4v) is 3.52. The summed E-state index contributed by atoms with van der Waals surface area (Å²) in [6.07, 6.45) is 11.5. The molecule has 1 heterocycles. The average molecular weight is 433 g/mol. The molecule has 0 N–H and O–H groups in total. The average Bonchev–Trinajstić information content (AvgIpc) is 2.84. The van der Waals surface area contributed by atoms with E-state index in [-0.39, 0.29) is 0 Å². The lowest BCUT2D eigenvalue weighted by atomic mass is 10.1. The summed E-state index contributed by atoms with van der Waals surface area (Å²) in [4.78, 5) is 8.92. The molecule has 170 valence electrons. The van der Waals surface area contributed by atoms with Crippen molar-refractivity contribution in [2.24, 2.45) is 0 Å². The smallest absolute Gasteiger partial charge is 0.119 e. The third-order valence-electron chi connectivity index (χ3n) is 5.50. The monoisotopic (exact) mass is 432 g/mol. The molecule has 0 amide bonds. The van der Waals surface area contributed by atoms with E-state index < -0.39 is 0 Å². The number of rotatable bonds is 14. The van der Waals surface area contributed by atoms with Crippen LogP contribution in [0.4, 0.5) is 0 Å². The molecule has 0 aliphatic carbocycles. The van der Waals surface area contributed by atoms with E-state index in [0.29, 0.717) is 0 Å². The lowest BCUT2D eigenvalue weighted by molar-refractivity contribution is 0.304. The van der Waals surface area contributed by atoms with Crippen LogP contribution in [-0.4, -0.2) is 23.2 Å². The Morgan fingerprint density at radius 2 is 1.03 bits per heavy atom. The molecule has 2 aromatic carbocycles. The van der Waals surface area contributed by atoms with Gasteiger partial charge in [-0.15, -0.1) is 0 Å². The minimum Gasteiger partial charge on any atom is -0.494 e. The van der Waals surface area contributed by atoms with Gasteiger partial charge in [-0.25, -0.2) is 9.97 Å². The highest BCUT2D eigenvalue weighted by Gasteiger charge is 2.06. The minimum absolute atomic E-state index is 0.756. The summed E-state index contributed by atoms with van der Waals surface area (Å²) in [6, 6.07) is 18.3. The Kier molecular flexibility index (Phi) is 10.0. The molecule has 3 aromatic rings. The van der Waals surface area contributed by atoms with Crippen molar-refractivity contribution in [1.82, 2.24) is 9.97 Å². The lowest BCUT2D eigenvalue weighted by Crippen LogP contribution is -1.97. The standard InChI is InChI=1S/C28H36N2O2/c1-3-5-7-8-9-10-20-32-26-17-13-24(14-18-26)28-21-27(29-22-30-28)23-11-15-25(16-12-23)31-19-6-4-2/h11-18,21-22H,3-10,19-20H2,1-2H3. The molecule has 4 heteroatoms. The molecule has 1 aromatic heterocycles. The summed E-state index contributed by atoms with van der Waals surface area (Å²) in [6.45, 7) is 5.95. The molecule has 0 unspecified atom stereocenters. The molecule has 0 aliphatic rings. The summed E-state index contributed by atoms with van der Waals surface area (Å²) >= 11 is 0. The van der Waals surface area contributed by atoms with Gasteiger partial charge in [-0.1, -0.05) is 52.4 Å². The fourth-order valence-electron chi connectivity index (χ4n) is 3.52. The van der Waals surface area contributed by atoms with Gasteiger partial charge in [0.15, 0.2) is 0 Å². The van der Waals surface area contributed by atoms with Gasteiger partial charge in [-0.05, 0) is 67.4 Å². The predicted octanol–water partition coefficient (Wildman–Crippen LogP) is 7.73. The van der Waals surface area contributed by atoms with Gasteiger partial charge in [-0.3, -0.25) is 0 Å². The van der Waals surface area contributed by atoms with E-state index in [0.717, 1.165) is 66.5 Å². The van der Waals surface area contributed by atoms with Gasteiger partial charge >= 0.3 is 0 Å². The van der Waals surface area contributed by atoms with Crippen LogP contribution in [0.2, 0.25) is 0 Å². The minimum atomic E-state index is 0.756. The van der Waals surface area contributed by atoms with E-state index >= 15 is 0 Å². The summed E-state index contributed by atoms with van der Waals surface area (Å²) in [5.41, 5.74) is 3.91. The van der Waals surface area contributed by atoms with Gasteiger partial charge < -0.3 is 9.47 Å². The molecule has 0 aliphatic heterocycles. The number of unbranched alkanes of at least 4 members (excludes halogenated alkanes) is 6. The summed E-state index contributed by atoms with van der Waals surface area (Å²) < 4.78 is 11.7. The van der Waals surface area contributed by atoms with Crippen LogP contribution in [-0.2, 0) is 0 Å². The number of nitrogens with zero attached hydrogens (tertiary/aromatic N) is 2. The Morgan fingerprint density at radius 1 is 0.562 bits per heavy atom. The van der Waals surface area contributed by atoms with E-state index in [1.54, 1.807) is 6.33 Å². The largest absolute Gasteiger partial charge is 0.494 e. The maximum Gasteiger partial charge on any atom is 0.119 e. The fraction of sp³-hybridized carbons (Fsp3) is 0.429. The van der Waals surface area contributed by atoms with Crippen LogP contribution in [0, 0.1) is 0 Å². The number of benzene rings is 2. The molecule has 32 heavy (non-hydrogen) atoms. The zero-order chi connectivity index (χ0) is 22.4. The predicted molar refractivity (Wildman–Crippen MR) is 132 cm³/mol. The maximum absolute atomic E-state index is 5.90. The van der Waals surface area contributed by atoms with Gasteiger partial charge in [0.25, 0.3) is 0 Å². The molecule has 0 saturated carbocycles. The first-order chi connectivity index (χ1) is 15.8. The van der Waals surface area contributed by atoms with Gasteiger partial charge in [0, 0.05) is 11.1 Å². The SMILES string of the molecule is CCCCCCCCOc1ccc(-c2cc(-c3ccc(OCCCC)cc3)ncn2)cc1. The van der Waals surface area contributed by atoms with Gasteiger partial charge in [-0.2, -0.15) is 0 Å². The quantitative estimate of drug-likeness (QED) is 0.244. The van der Waals surface area contributed by atoms with E-state index in [9.17, 15) is 0 Å². The first kappa shape index (κ1) is 23.8. The van der Waals surface area contributed by atoms with Crippen LogP contribution in [0.25, 0.3) is 22.5 Å². The molecular weight excluding hydrogens is 396 g/mol. The molecule has 0 radical (unpaired) electrons. The summed E-state index contributed by atoms with van der Waals surface area (Å²) in [7, 11) is 0. The molecule has 0 saturated heterocycles. The molecule has 0 atom stereocenters. The number of aromatic nitrogens is 2. The van der Waals surface area contributed by atoms with Crippen molar-refractivity contribution in [3.8, 4) is 34.0 Å². The molecular formula is C28H36N2O2. The maximum atomic E-state index is 5.90. The molecule has 0 bridgehead atoms. The number of hydrogen-bond donors (Lipinski definition) is 0. The zero-order valence-corrected chi connectivity index (χ0v) is 19.6. The Balaban J connectivity index is 1.54. The Bertz CT molecular complexity index is 907. The molecule has 0 spiro atoms. The van der Waals surface area contributed by atoms with Gasteiger partial charge in [0.05, 0.1) is 24.6 Å². The zero-order valence-electron chi connectivity index (χ0n) is 19.6. The van der Waals surface area contributed by atoms with Crippen molar-refractivity contribution >= 4 is 0 Å². The molecule has 3 rings (SSSR count). The highest BCUT2D eigenvalue weighted by atomic mass is 16.5. The van der Waals surface area contributed by atoms with Crippen LogP contribution >= 0.6 is 0 Å².